The first-order chi connectivity index (χ1) is 9.65. The first-order valence-electron chi connectivity index (χ1n) is 6.18. The molecule has 1 atom stereocenters. The Kier molecular flexibility index (Phi) is 3.03. The van der Waals surface area contributed by atoms with Crippen molar-refractivity contribution in [3.63, 3.8) is 0 Å². The second-order valence-corrected chi connectivity index (χ2v) is 4.59. The summed E-state index contributed by atoms with van der Waals surface area (Å²) in [5.74, 6) is 0.972. The highest BCUT2D eigenvalue weighted by Crippen LogP contribution is 2.23. The molecular weight excluding hydrogens is 262 g/mol. The molecule has 9 nitrogen and oxygen atoms in total. The average molecular weight is 275 g/mol. The van der Waals surface area contributed by atoms with Gasteiger partial charge >= 0.3 is 5.69 Å². The first kappa shape index (κ1) is 12.5. The summed E-state index contributed by atoms with van der Waals surface area (Å²) in [6, 6.07) is 1.54. The quantitative estimate of drug-likeness (QED) is 0.478. The summed E-state index contributed by atoms with van der Waals surface area (Å²) in [6.45, 7) is 1.85. The van der Waals surface area contributed by atoms with Crippen LogP contribution in [-0.4, -0.2) is 38.8 Å². The van der Waals surface area contributed by atoms with E-state index in [0.29, 0.717) is 11.7 Å². The maximum absolute atomic E-state index is 10.9. The van der Waals surface area contributed by atoms with E-state index in [4.69, 9.17) is 5.73 Å². The Labute approximate surface area is 113 Å². The molecule has 0 aromatic carbocycles. The van der Waals surface area contributed by atoms with Gasteiger partial charge in [0.05, 0.1) is 4.92 Å². The fraction of sp³-hybridized carbons (Fsp3) is 0.364. The van der Waals surface area contributed by atoms with E-state index in [1.165, 1.54) is 4.52 Å². The number of nitrogen functional groups attached to an aromatic ring is 1. The van der Waals surface area contributed by atoms with Crippen LogP contribution in [0.25, 0.3) is 5.65 Å². The molecule has 2 aromatic rings. The van der Waals surface area contributed by atoms with Crippen LogP contribution < -0.4 is 11.1 Å². The second kappa shape index (κ2) is 4.85. The molecule has 0 bridgehead atoms. The Morgan fingerprint density at radius 1 is 1.65 bits per heavy atom. The van der Waals surface area contributed by atoms with Crippen LogP contribution in [0.4, 0.5) is 17.3 Å². The highest BCUT2D eigenvalue weighted by Gasteiger charge is 2.18. The standard InChI is InChI=1S/C11H13N7O2/c12-9-3-10(14-5-7-1-2-13-4-7)16-11-8(18(19)20)6-15-17(9)11/h3,5-7,13H,1-2,4,12H2. The van der Waals surface area contributed by atoms with E-state index in [1.807, 2.05) is 0 Å². The van der Waals surface area contributed by atoms with Gasteiger partial charge in [-0.3, -0.25) is 10.1 Å². The third-order valence-electron chi connectivity index (χ3n) is 3.18. The lowest BCUT2D eigenvalue weighted by Gasteiger charge is -2.01. The summed E-state index contributed by atoms with van der Waals surface area (Å²) in [6.07, 6.45) is 3.96. The van der Waals surface area contributed by atoms with E-state index in [2.05, 4.69) is 20.4 Å². The number of nitrogens with two attached hydrogens (primary N) is 1. The lowest BCUT2D eigenvalue weighted by molar-refractivity contribution is -0.383. The number of aliphatic imine (C=N–C) groups is 1. The monoisotopic (exact) mass is 275 g/mol. The van der Waals surface area contributed by atoms with Crippen molar-refractivity contribution in [3.05, 3.63) is 22.4 Å². The van der Waals surface area contributed by atoms with Gasteiger partial charge in [-0.15, -0.1) is 0 Å². The summed E-state index contributed by atoms with van der Waals surface area (Å²) < 4.78 is 1.23. The van der Waals surface area contributed by atoms with Gasteiger partial charge in [0.1, 0.15) is 12.0 Å². The van der Waals surface area contributed by atoms with Crippen LogP contribution in [0.15, 0.2) is 17.3 Å². The summed E-state index contributed by atoms with van der Waals surface area (Å²) in [5.41, 5.74) is 5.73. The molecule has 1 aliphatic rings. The number of anilines is 1. The Balaban J connectivity index is 1.99. The number of nitrogens with one attached hydrogen (secondary N) is 1. The number of rotatable bonds is 3. The zero-order valence-electron chi connectivity index (χ0n) is 10.6. The van der Waals surface area contributed by atoms with Gasteiger partial charge in [-0.25, -0.2) is 9.98 Å². The lowest BCUT2D eigenvalue weighted by atomic mass is 10.1. The van der Waals surface area contributed by atoms with Crippen molar-refractivity contribution in [2.45, 2.75) is 6.42 Å². The Hall–Kier alpha value is -2.55. The number of aromatic nitrogens is 3. The maximum atomic E-state index is 10.9. The van der Waals surface area contributed by atoms with Crippen LogP contribution in [-0.2, 0) is 0 Å². The van der Waals surface area contributed by atoms with Crippen molar-refractivity contribution in [1.29, 1.82) is 0 Å². The molecule has 20 heavy (non-hydrogen) atoms. The minimum absolute atomic E-state index is 0.103. The van der Waals surface area contributed by atoms with E-state index < -0.39 is 4.92 Å². The van der Waals surface area contributed by atoms with Gasteiger partial charge in [0.2, 0.25) is 5.65 Å². The summed E-state index contributed by atoms with van der Waals surface area (Å²) in [4.78, 5) is 18.7. The molecule has 3 N–H and O–H groups in total. The largest absolute Gasteiger partial charge is 0.383 e. The zero-order chi connectivity index (χ0) is 14.1. The minimum atomic E-state index is -0.539. The zero-order valence-corrected chi connectivity index (χ0v) is 10.6. The molecular formula is C11H13N7O2. The summed E-state index contributed by atoms with van der Waals surface area (Å²) in [5, 5.41) is 18.0. The molecule has 1 saturated heterocycles. The maximum Gasteiger partial charge on any atom is 0.333 e. The van der Waals surface area contributed by atoms with Crippen molar-refractivity contribution < 1.29 is 4.92 Å². The summed E-state index contributed by atoms with van der Waals surface area (Å²) in [7, 11) is 0. The SMILES string of the molecule is Nc1cc(N=CC2CCNC2)nc2c([N+](=O)[O-])cnn12. The summed E-state index contributed by atoms with van der Waals surface area (Å²) >= 11 is 0. The third kappa shape index (κ3) is 2.18. The normalized spacial score (nSPS) is 19.1. The second-order valence-electron chi connectivity index (χ2n) is 4.59. The molecule has 0 aliphatic carbocycles. The van der Waals surface area contributed by atoms with Gasteiger partial charge in [0.25, 0.3) is 0 Å². The van der Waals surface area contributed by atoms with Crippen LogP contribution in [0.3, 0.4) is 0 Å². The Morgan fingerprint density at radius 2 is 2.50 bits per heavy atom. The van der Waals surface area contributed by atoms with E-state index in [9.17, 15) is 10.1 Å². The molecule has 0 spiro atoms. The number of fused-ring (bicyclic) bond motifs is 1. The van der Waals surface area contributed by atoms with Gasteiger partial charge in [-0.1, -0.05) is 0 Å². The number of hydrogen-bond acceptors (Lipinski definition) is 7. The molecule has 3 heterocycles. The fourth-order valence-corrected chi connectivity index (χ4v) is 2.14. The van der Waals surface area contributed by atoms with Crippen molar-refractivity contribution in [1.82, 2.24) is 19.9 Å². The molecule has 1 fully saturated rings. The van der Waals surface area contributed by atoms with Gasteiger partial charge in [0.15, 0.2) is 5.82 Å². The van der Waals surface area contributed by atoms with Crippen molar-refractivity contribution in [2.24, 2.45) is 10.9 Å². The van der Waals surface area contributed by atoms with Gasteiger partial charge < -0.3 is 11.1 Å². The van der Waals surface area contributed by atoms with Gasteiger partial charge in [-0.05, 0) is 13.0 Å². The molecule has 0 radical (unpaired) electrons. The first-order valence-corrected chi connectivity index (χ1v) is 6.18. The van der Waals surface area contributed by atoms with Crippen LogP contribution in [0.2, 0.25) is 0 Å². The van der Waals surface area contributed by atoms with Crippen molar-refractivity contribution >= 4 is 29.2 Å². The van der Waals surface area contributed by atoms with Crippen LogP contribution in [0.1, 0.15) is 6.42 Å². The third-order valence-corrected chi connectivity index (χ3v) is 3.18. The van der Waals surface area contributed by atoms with Crippen molar-refractivity contribution in [2.75, 3.05) is 18.8 Å². The topological polar surface area (TPSA) is 124 Å². The molecule has 0 saturated carbocycles. The average Bonchev–Trinajstić information content (AvgIpc) is 3.05. The van der Waals surface area contributed by atoms with E-state index in [-0.39, 0.29) is 17.2 Å². The molecule has 3 rings (SSSR count). The molecule has 1 aliphatic heterocycles. The highest BCUT2D eigenvalue weighted by molar-refractivity contribution is 5.69. The Morgan fingerprint density at radius 3 is 3.20 bits per heavy atom. The lowest BCUT2D eigenvalue weighted by Crippen LogP contribution is -2.09. The number of nitro groups is 1. The van der Waals surface area contributed by atoms with E-state index in [1.54, 1.807) is 12.3 Å². The number of nitrogens with zero attached hydrogens (tertiary/aromatic N) is 5. The predicted molar refractivity (Wildman–Crippen MR) is 73.2 cm³/mol. The van der Waals surface area contributed by atoms with Crippen LogP contribution in [0, 0.1) is 16.0 Å². The molecule has 0 amide bonds. The smallest absolute Gasteiger partial charge is 0.333 e. The minimum Gasteiger partial charge on any atom is -0.383 e. The van der Waals surface area contributed by atoms with Crippen LogP contribution >= 0.6 is 0 Å². The highest BCUT2D eigenvalue weighted by atomic mass is 16.6. The number of hydrogen-bond donors (Lipinski definition) is 2. The molecule has 2 aromatic heterocycles. The Bertz CT molecular complexity index is 687. The fourth-order valence-electron chi connectivity index (χ4n) is 2.14. The van der Waals surface area contributed by atoms with E-state index >= 15 is 0 Å². The molecule has 1 unspecified atom stereocenters. The predicted octanol–water partition coefficient (Wildman–Crippen LogP) is 0.531. The van der Waals surface area contributed by atoms with Crippen LogP contribution in [0.5, 0.6) is 0 Å². The van der Waals surface area contributed by atoms with E-state index in [0.717, 1.165) is 25.7 Å². The molecule has 104 valence electrons. The van der Waals surface area contributed by atoms with Crippen molar-refractivity contribution in [3.8, 4) is 0 Å². The van der Waals surface area contributed by atoms with Gasteiger partial charge in [0, 0.05) is 24.7 Å². The van der Waals surface area contributed by atoms with Gasteiger partial charge in [-0.2, -0.15) is 9.61 Å². The molecule has 9 heteroatoms.